The van der Waals surface area contributed by atoms with Crippen molar-refractivity contribution in [2.24, 2.45) is 5.92 Å². The number of carbonyl (C=O) groups is 1. The Morgan fingerprint density at radius 3 is 2.54 bits per heavy atom. The molecule has 3 atom stereocenters. The van der Waals surface area contributed by atoms with Gasteiger partial charge in [0.05, 0.1) is 6.04 Å². The first kappa shape index (κ1) is 16.1. The molecule has 2 bridgehead atoms. The lowest BCUT2D eigenvalue weighted by atomic mass is 9.75. The maximum Gasteiger partial charge on any atom is 0.248 e. The van der Waals surface area contributed by atoms with Crippen molar-refractivity contribution in [1.29, 1.82) is 0 Å². The molecule has 1 amide bonds. The van der Waals surface area contributed by atoms with Gasteiger partial charge in [0.1, 0.15) is 6.61 Å². The van der Waals surface area contributed by atoms with Gasteiger partial charge in [0.25, 0.3) is 0 Å². The third-order valence-corrected chi connectivity index (χ3v) is 6.25. The Kier molecular flexibility index (Phi) is 4.35. The first-order chi connectivity index (χ1) is 11.7. The van der Waals surface area contributed by atoms with Gasteiger partial charge in [-0.15, -0.1) is 0 Å². The number of aryl methyl sites for hydroxylation is 1. The van der Waals surface area contributed by atoms with Gasteiger partial charge in [0.2, 0.25) is 5.91 Å². The summed E-state index contributed by atoms with van der Waals surface area (Å²) in [6, 6.07) is 9.79. The maximum atomic E-state index is 12.7. The molecular formula is C20H28N2O2. The summed E-state index contributed by atoms with van der Waals surface area (Å²) in [6.07, 6.45) is 2.47. The molecule has 4 nitrogen and oxygen atoms in total. The van der Waals surface area contributed by atoms with E-state index in [1.165, 1.54) is 37.1 Å². The largest absolute Gasteiger partial charge is 0.372 e. The zero-order valence-electron chi connectivity index (χ0n) is 14.8. The second-order valence-electron chi connectivity index (χ2n) is 7.55. The topological polar surface area (TPSA) is 32.8 Å². The van der Waals surface area contributed by atoms with Gasteiger partial charge in [0, 0.05) is 25.1 Å². The Morgan fingerprint density at radius 1 is 1.17 bits per heavy atom. The summed E-state index contributed by atoms with van der Waals surface area (Å²) in [5.41, 5.74) is 2.68. The summed E-state index contributed by atoms with van der Waals surface area (Å²) in [5, 5.41) is 0. The number of likely N-dealkylation sites (tertiary alicyclic amines) is 1. The highest BCUT2D eigenvalue weighted by atomic mass is 16.5. The Hall–Kier alpha value is -1.39. The standard InChI is InChI=1S/C20H28N2O2/c1-3-24-13-18(23)22-12-17(15-6-4-14(2)5-7-15)20-19(22)16-8-10-21(20)11-9-16/h4-7,16-17,19-20H,3,8-13H2,1-2H3/t17-,19+,20+/m0/s1. The molecule has 5 rings (SSSR count). The lowest BCUT2D eigenvalue weighted by Crippen LogP contribution is -2.61. The highest BCUT2D eigenvalue weighted by molar-refractivity contribution is 5.78. The van der Waals surface area contributed by atoms with E-state index in [0.717, 1.165) is 6.54 Å². The first-order valence-electron chi connectivity index (χ1n) is 9.37. The monoisotopic (exact) mass is 328 g/mol. The molecule has 1 aromatic rings. The highest BCUT2D eigenvalue weighted by Gasteiger charge is 2.54. The molecule has 24 heavy (non-hydrogen) atoms. The molecule has 4 aliphatic heterocycles. The van der Waals surface area contributed by atoms with Crippen molar-refractivity contribution in [3.63, 3.8) is 0 Å². The van der Waals surface area contributed by atoms with Crippen molar-refractivity contribution in [1.82, 2.24) is 9.80 Å². The molecule has 0 spiro atoms. The molecule has 0 aromatic heterocycles. The van der Waals surface area contributed by atoms with E-state index in [1.807, 2.05) is 6.92 Å². The average molecular weight is 328 g/mol. The molecule has 4 saturated heterocycles. The highest BCUT2D eigenvalue weighted by Crippen LogP contribution is 2.46. The number of fused-ring (bicyclic) bond motifs is 2. The smallest absolute Gasteiger partial charge is 0.248 e. The quantitative estimate of drug-likeness (QED) is 0.851. The van der Waals surface area contributed by atoms with Crippen LogP contribution in [0.2, 0.25) is 0 Å². The fourth-order valence-corrected chi connectivity index (χ4v) is 5.08. The third-order valence-electron chi connectivity index (χ3n) is 6.25. The van der Waals surface area contributed by atoms with Gasteiger partial charge in [-0.1, -0.05) is 29.8 Å². The second-order valence-corrected chi connectivity index (χ2v) is 7.55. The van der Waals surface area contributed by atoms with Gasteiger partial charge >= 0.3 is 0 Å². The fourth-order valence-electron chi connectivity index (χ4n) is 5.08. The zero-order chi connectivity index (χ0) is 16.7. The molecule has 4 heteroatoms. The summed E-state index contributed by atoms with van der Waals surface area (Å²) >= 11 is 0. The number of carbonyl (C=O) groups excluding carboxylic acids is 1. The van der Waals surface area contributed by atoms with Crippen LogP contribution >= 0.6 is 0 Å². The van der Waals surface area contributed by atoms with Crippen LogP contribution in [0.3, 0.4) is 0 Å². The lowest BCUT2D eigenvalue weighted by molar-refractivity contribution is -0.140. The van der Waals surface area contributed by atoms with E-state index >= 15 is 0 Å². The van der Waals surface area contributed by atoms with Crippen LogP contribution in [0.25, 0.3) is 0 Å². The summed E-state index contributed by atoms with van der Waals surface area (Å²) in [5.74, 6) is 1.28. The Morgan fingerprint density at radius 2 is 1.88 bits per heavy atom. The van der Waals surface area contributed by atoms with Crippen molar-refractivity contribution in [3.05, 3.63) is 35.4 Å². The molecule has 4 fully saturated rings. The Balaban J connectivity index is 1.63. The van der Waals surface area contributed by atoms with Gasteiger partial charge in [-0.25, -0.2) is 0 Å². The van der Waals surface area contributed by atoms with Crippen molar-refractivity contribution >= 4 is 5.91 Å². The minimum Gasteiger partial charge on any atom is -0.372 e. The molecule has 0 N–H and O–H groups in total. The van der Waals surface area contributed by atoms with Gasteiger partial charge in [-0.2, -0.15) is 0 Å². The van der Waals surface area contributed by atoms with Crippen LogP contribution in [-0.2, 0) is 9.53 Å². The maximum absolute atomic E-state index is 12.7. The number of rotatable bonds is 4. The van der Waals surface area contributed by atoms with Crippen LogP contribution in [0.1, 0.15) is 36.8 Å². The van der Waals surface area contributed by atoms with Crippen LogP contribution < -0.4 is 0 Å². The molecule has 1 aromatic carbocycles. The van der Waals surface area contributed by atoms with Gasteiger partial charge in [0.15, 0.2) is 0 Å². The van der Waals surface area contributed by atoms with Crippen LogP contribution in [0, 0.1) is 12.8 Å². The van der Waals surface area contributed by atoms with Gasteiger partial charge in [-0.3, -0.25) is 9.69 Å². The van der Waals surface area contributed by atoms with E-state index in [1.54, 1.807) is 0 Å². The Labute approximate surface area is 144 Å². The molecule has 0 unspecified atom stereocenters. The zero-order valence-corrected chi connectivity index (χ0v) is 14.8. The normalized spacial score (nSPS) is 34.4. The lowest BCUT2D eigenvalue weighted by Gasteiger charge is -2.51. The van der Waals surface area contributed by atoms with Gasteiger partial charge in [-0.05, 0) is 51.3 Å². The van der Waals surface area contributed by atoms with Crippen LogP contribution in [0.5, 0.6) is 0 Å². The first-order valence-corrected chi connectivity index (χ1v) is 9.37. The summed E-state index contributed by atoms with van der Waals surface area (Å²) in [7, 11) is 0. The SMILES string of the molecule is CCOCC(=O)N1C[C@@H](c2ccc(C)cc2)[C@@H]2[C@H]1C1CCN2CC1. The second kappa shape index (κ2) is 6.49. The molecular weight excluding hydrogens is 300 g/mol. The molecule has 130 valence electrons. The predicted molar refractivity (Wildman–Crippen MR) is 94.0 cm³/mol. The van der Waals surface area contributed by atoms with Crippen LogP contribution in [0.15, 0.2) is 24.3 Å². The summed E-state index contributed by atoms with van der Waals surface area (Å²) < 4.78 is 5.42. The van der Waals surface area contributed by atoms with E-state index in [-0.39, 0.29) is 12.5 Å². The number of hydrogen-bond donors (Lipinski definition) is 0. The molecule has 4 heterocycles. The molecule has 0 saturated carbocycles. The summed E-state index contributed by atoms with van der Waals surface area (Å²) in [4.78, 5) is 17.5. The van der Waals surface area contributed by atoms with Crippen LogP contribution in [-0.4, -0.2) is 60.6 Å². The number of nitrogens with zero attached hydrogens (tertiary/aromatic N) is 2. The van der Waals surface area contributed by atoms with Gasteiger partial charge < -0.3 is 9.64 Å². The predicted octanol–water partition coefficient (Wildman–Crippen LogP) is 2.42. The molecule has 0 radical (unpaired) electrons. The number of piperidine rings is 3. The third kappa shape index (κ3) is 2.66. The van der Waals surface area contributed by atoms with Crippen molar-refractivity contribution in [3.8, 4) is 0 Å². The van der Waals surface area contributed by atoms with E-state index in [2.05, 4.69) is 41.0 Å². The van der Waals surface area contributed by atoms with E-state index in [4.69, 9.17) is 4.74 Å². The van der Waals surface area contributed by atoms with Crippen LogP contribution in [0.4, 0.5) is 0 Å². The van der Waals surface area contributed by atoms with E-state index < -0.39 is 0 Å². The van der Waals surface area contributed by atoms with E-state index in [0.29, 0.717) is 30.5 Å². The van der Waals surface area contributed by atoms with Crippen molar-refractivity contribution in [2.75, 3.05) is 32.8 Å². The minimum atomic E-state index is 0.176. The number of ether oxygens (including phenoxy) is 1. The number of hydrogen-bond acceptors (Lipinski definition) is 3. The number of amides is 1. The fraction of sp³-hybridized carbons (Fsp3) is 0.650. The van der Waals surface area contributed by atoms with E-state index in [9.17, 15) is 4.79 Å². The average Bonchev–Trinajstić information content (AvgIpc) is 3.04. The minimum absolute atomic E-state index is 0.176. The molecule has 4 aliphatic rings. The summed E-state index contributed by atoms with van der Waals surface area (Å²) in [6.45, 7) is 8.15. The molecule has 0 aliphatic carbocycles. The van der Waals surface area contributed by atoms with Crippen molar-refractivity contribution in [2.45, 2.75) is 44.7 Å². The number of benzene rings is 1. The Bertz CT molecular complexity index is 592. The van der Waals surface area contributed by atoms with Crippen molar-refractivity contribution < 1.29 is 9.53 Å².